The lowest BCUT2D eigenvalue weighted by molar-refractivity contribution is 0.622. The maximum Gasteiger partial charge on any atom is 0.128 e. The van der Waals surface area contributed by atoms with Crippen LogP contribution in [0.3, 0.4) is 0 Å². The van der Waals surface area contributed by atoms with Gasteiger partial charge in [-0.1, -0.05) is 0 Å². The second-order valence-corrected chi connectivity index (χ2v) is 3.35. The molecule has 4 heteroatoms. The molecule has 0 unspecified atom stereocenters. The number of halogens is 3. The van der Waals surface area contributed by atoms with Crippen LogP contribution in [-0.4, -0.2) is 4.98 Å². The summed E-state index contributed by atoms with van der Waals surface area (Å²) in [5.74, 6) is -0.263. The fourth-order valence-electron chi connectivity index (χ4n) is 0.436. The van der Waals surface area contributed by atoms with E-state index in [1.165, 1.54) is 12.1 Å². The van der Waals surface area contributed by atoms with Crippen LogP contribution in [0.15, 0.2) is 16.7 Å². The molecule has 0 N–H and O–H groups in total. The molecule has 1 aromatic heterocycles. The van der Waals surface area contributed by atoms with Crippen molar-refractivity contribution in [3.05, 3.63) is 26.3 Å². The van der Waals surface area contributed by atoms with Crippen LogP contribution in [0, 0.1) is 9.52 Å². The Hall–Kier alpha value is 0.290. The summed E-state index contributed by atoms with van der Waals surface area (Å²) in [5.41, 5.74) is 0. The minimum absolute atomic E-state index is 0.263. The van der Waals surface area contributed by atoms with Crippen molar-refractivity contribution in [2.24, 2.45) is 0 Å². The van der Waals surface area contributed by atoms with E-state index < -0.39 is 0 Å². The molecule has 48 valence electrons. The summed E-state index contributed by atoms with van der Waals surface area (Å²) in [6, 6.07) is 2.69. The molecule has 0 aromatic carbocycles. The summed E-state index contributed by atoms with van der Waals surface area (Å²) < 4.78 is 13.5. The quantitative estimate of drug-likeness (QED) is 0.530. The normalized spacial score (nSPS) is 9.67. The molecule has 0 amide bonds. The van der Waals surface area contributed by atoms with E-state index in [9.17, 15) is 4.39 Å². The van der Waals surface area contributed by atoms with Crippen molar-refractivity contribution < 1.29 is 4.39 Å². The summed E-state index contributed by atoms with van der Waals surface area (Å²) in [6.45, 7) is 0. The van der Waals surface area contributed by atoms with E-state index in [0.29, 0.717) is 8.30 Å². The van der Waals surface area contributed by atoms with E-state index >= 15 is 0 Å². The Morgan fingerprint density at radius 3 is 2.67 bits per heavy atom. The van der Waals surface area contributed by atoms with E-state index in [-0.39, 0.29) is 5.82 Å². The molecular formula is C5H2BrFIN. The number of rotatable bonds is 0. The zero-order valence-electron chi connectivity index (χ0n) is 4.24. The fourth-order valence-corrected chi connectivity index (χ4v) is 1.73. The highest BCUT2D eigenvalue weighted by Crippen LogP contribution is 2.11. The topological polar surface area (TPSA) is 12.9 Å². The molecule has 0 saturated heterocycles. The van der Waals surface area contributed by atoms with Gasteiger partial charge in [-0.25, -0.2) is 9.37 Å². The van der Waals surface area contributed by atoms with Crippen LogP contribution in [0.5, 0.6) is 0 Å². The number of hydrogen-bond acceptors (Lipinski definition) is 1. The molecule has 0 aliphatic heterocycles. The Bertz CT molecular complexity index is 178. The maximum atomic E-state index is 12.4. The third-order valence-corrected chi connectivity index (χ3v) is 1.69. The molecule has 0 saturated carbocycles. The van der Waals surface area contributed by atoms with Gasteiger partial charge in [0.25, 0.3) is 0 Å². The molecule has 9 heavy (non-hydrogen) atoms. The van der Waals surface area contributed by atoms with Crippen molar-refractivity contribution in [3.8, 4) is 0 Å². The molecule has 0 fully saturated rings. The van der Waals surface area contributed by atoms with Gasteiger partial charge in [0.05, 0.1) is 0 Å². The van der Waals surface area contributed by atoms with Crippen LogP contribution in [0.1, 0.15) is 0 Å². The molecule has 1 rings (SSSR count). The highest BCUT2D eigenvalue weighted by atomic mass is 127. The Kier molecular flexibility index (Phi) is 2.40. The molecule has 0 aliphatic rings. The predicted octanol–water partition coefficient (Wildman–Crippen LogP) is 2.59. The monoisotopic (exact) mass is 301 g/mol. The van der Waals surface area contributed by atoms with Crippen LogP contribution in [0.4, 0.5) is 4.39 Å². The van der Waals surface area contributed by atoms with Crippen molar-refractivity contribution in [2.45, 2.75) is 0 Å². The highest BCUT2D eigenvalue weighted by Gasteiger charge is 1.94. The number of hydrogen-bond donors (Lipinski definition) is 0. The van der Waals surface area contributed by atoms with Crippen molar-refractivity contribution in [1.82, 2.24) is 4.98 Å². The average Bonchev–Trinajstić information content (AvgIpc) is 1.59. The Labute approximate surface area is 73.9 Å². The van der Waals surface area contributed by atoms with Gasteiger partial charge in [-0.2, -0.15) is 0 Å². The van der Waals surface area contributed by atoms with Crippen molar-refractivity contribution in [3.63, 3.8) is 0 Å². The lowest BCUT2D eigenvalue weighted by Crippen LogP contribution is -1.82. The zero-order chi connectivity index (χ0) is 6.85. The molecule has 0 atom stereocenters. The van der Waals surface area contributed by atoms with Gasteiger partial charge in [0.1, 0.15) is 14.1 Å². The third kappa shape index (κ3) is 2.17. The van der Waals surface area contributed by atoms with Gasteiger partial charge < -0.3 is 0 Å². The molecule has 1 aromatic rings. The minimum Gasteiger partial charge on any atom is -0.235 e. The van der Waals surface area contributed by atoms with Crippen molar-refractivity contribution in [1.29, 1.82) is 0 Å². The fraction of sp³-hybridized carbons (Fsp3) is 0. The van der Waals surface area contributed by atoms with E-state index in [1.807, 2.05) is 22.6 Å². The van der Waals surface area contributed by atoms with Gasteiger partial charge in [0.2, 0.25) is 0 Å². The van der Waals surface area contributed by atoms with Crippen LogP contribution < -0.4 is 0 Å². The summed E-state index contributed by atoms with van der Waals surface area (Å²) in [6.07, 6.45) is 0. The SMILES string of the molecule is Fc1cc(Br)nc(I)c1. The van der Waals surface area contributed by atoms with Crippen LogP contribution in [-0.2, 0) is 0 Å². The molecule has 0 bridgehead atoms. The Balaban J connectivity index is 3.17. The molecule has 1 nitrogen and oxygen atoms in total. The molecule has 0 aliphatic carbocycles. The maximum absolute atomic E-state index is 12.4. The first-order chi connectivity index (χ1) is 4.18. The van der Waals surface area contributed by atoms with Gasteiger partial charge in [-0.3, -0.25) is 0 Å². The van der Waals surface area contributed by atoms with Crippen molar-refractivity contribution >= 4 is 38.5 Å². The molecule has 1 heterocycles. The smallest absolute Gasteiger partial charge is 0.128 e. The van der Waals surface area contributed by atoms with Crippen LogP contribution in [0.2, 0.25) is 0 Å². The van der Waals surface area contributed by atoms with E-state index in [4.69, 9.17) is 0 Å². The lowest BCUT2D eigenvalue weighted by atomic mass is 10.5. The van der Waals surface area contributed by atoms with E-state index in [1.54, 1.807) is 0 Å². The molecule has 0 spiro atoms. The van der Waals surface area contributed by atoms with E-state index in [2.05, 4.69) is 20.9 Å². The molecule has 0 radical (unpaired) electrons. The van der Waals surface area contributed by atoms with Gasteiger partial charge in [0.15, 0.2) is 0 Å². The number of pyridine rings is 1. The Morgan fingerprint density at radius 1 is 1.56 bits per heavy atom. The molecular weight excluding hydrogens is 300 g/mol. The zero-order valence-corrected chi connectivity index (χ0v) is 7.98. The van der Waals surface area contributed by atoms with Gasteiger partial charge >= 0.3 is 0 Å². The second-order valence-electron chi connectivity index (χ2n) is 1.43. The van der Waals surface area contributed by atoms with Gasteiger partial charge in [0, 0.05) is 12.1 Å². The first kappa shape index (κ1) is 7.40. The minimum atomic E-state index is -0.263. The number of nitrogens with zero attached hydrogens (tertiary/aromatic N) is 1. The predicted molar refractivity (Wildman–Crippen MR) is 44.6 cm³/mol. The summed E-state index contributed by atoms with van der Waals surface area (Å²) in [4.78, 5) is 3.90. The standard InChI is InChI=1S/C5H2BrFIN/c6-4-1-3(7)2-5(8)9-4/h1-2H. The van der Waals surface area contributed by atoms with Crippen LogP contribution in [0.25, 0.3) is 0 Å². The number of aromatic nitrogens is 1. The van der Waals surface area contributed by atoms with Gasteiger partial charge in [-0.15, -0.1) is 0 Å². The Morgan fingerprint density at radius 2 is 2.22 bits per heavy atom. The van der Waals surface area contributed by atoms with E-state index in [0.717, 1.165) is 0 Å². The van der Waals surface area contributed by atoms with Gasteiger partial charge in [-0.05, 0) is 38.5 Å². The van der Waals surface area contributed by atoms with Crippen molar-refractivity contribution in [2.75, 3.05) is 0 Å². The summed E-state index contributed by atoms with van der Waals surface area (Å²) in [7, 11) is 0. The second kappa shape index (κ2) is 2.92. The largest absolute Gasteiger partial charge is 0.235 e. The summed E-state index contributed by atoms with van der Waals surface area (Å²) in [5, 5.41) is 0. The first-order valence-electron chi connectivity index (χ1n) is 2.17. The third-order valence-electron chi connectivity index (χ3n) is 0.728. The summed E-state index contributed by atoms with van der Waals surface area (Å²) >= 11 is 5.01. The average molecular weight is 302 g/mol. The lowest BCUT2D eigenvalue weighted by Gasteiger charge is -1.90. The van der Waals surface area contributed by atoms with Crippen LogP contribution >= 0.6 is 38.5 Å². The first-order valence-corrected chi connectivity index (χ1v) is 4.04. The highest BCUT2D eigenvalue weighted by molar-refractivity contribution is 14.1.